The Labute approximate surface area is 146 Å². The normalized spacial score (nSPS) is 9.88. The molecule has 5 nitrogen and oxygen atoms in total. The van der Waals surface area contributed by atoms with E-state index in [-0.39, 0.29) is 16.9 Å². The lowest BCUT2D eigenvalue weighted by molar-refractivity contribution is -0.120. The average molecular weight is 341 g/mol. The van der Waals surface area contributed by atoms with Gasteiger partial charge in [-0.25, -0.2) is 0 Å². The third-order valence-corrected chi connectivity index (χ3v) is 3.60. The molecule has 0 aliphatic carbocycles. The molecule has 2 rings (SSSR count). The molecule has 6 heteroatoms. The van der Waals surface area contributed by atoms with E-state index in [0.717, 1.165) is 11.3 Å². The van der Waals surface area contributed by atoms with Gasteiger partial charge in [0.2, 0.25) is 5.91 Å². The van der Waals surface area contributed by atoms with Gasteiger partial charge in [-0.15, -0.1) is 0 Å². The molecule has 0 aliphatic rings. The Kier molecular flexibility index (Phi) is 6.45. The molecule has 3 N–H and O–H groups in total. The quantitative estimate of drug-likeness (QED) is 0.731. The predicted octanol–water partition coefficient (Wildman–Crippen LogP) is 2.49. The highest BCUT2D eigenvalue weighted by Gasteiger charge is 2.07. The van der Waals surface area contributed by atoms with E-state index in [1.165, 1.54) is 0 Å². The van der Waals surface area contributed by atoms with Gasteiger partial charge < -0.3 is 10.6 Å². The molecule has 124 valence electrons. The van der Waals surface area contributed by atoms with Crippen molar-refractivity contribution < 1.29 is 9.59 Å². The number of carbonyl (C=O) groups excluding carboxylic acids is 2. The van der Waals surface area contributed by atoms with Gasteiger partial charge in [0.15, 0.2) is 5.11 Å². The first kappa shape index (κ1) is 17.6. The SMILES string of the molecule is CNC(=O)CCc1ccc(NC(=S)NC(=O)c2ccccc2)cc1. The van der Waals surface area contributed by atoms with Gasteiger partial charge in [0, 0.05) is 24.7 Å². The van der Waals surface area contributed by atoms with E-state index >= 15 is 0 Å². The van der Waals surface area contributed by atoms with Crippen molar-refractivity contribution in [1.29, 1.82) is 0 Å². The molecule has 2 aromatic carbocycles. The van der Waals surface area contributed by atoms with Crippen LogP contribution >= 0.6 is 12.2 Å². The highest BCUT2D eigenvalue weighted by Crippen LogP contribution is 2.11. The molecule has 0 saturated carbocycles. The maximum Gasteiger partial charge on any atom is 0.257 e. The summed E-state index contributed by atoms with van der Waals surface area (Å²) in [5.74, 6) is -0.239. The zero-order chi connectivity index (χ0) is 17.4. The van der Waals surface area contributed by atoms with Gasteiger partial charge in [0.1, 0.15) is 0 Å². The third-order valence-electron chi connectivity index (χ3n) is 3.39. The largest absolute Gasteiger partial charge is 0.359 e. The van der Waals surface area contributed by atoms with Crippen LogP contribution < -0.4 is 16.0 Å². The zero-order valence-electron chi connectivity index (χ0n) is 13.3. The Morgan fingerprint density at radius 1 is 1.00 bits per heavy atom. The summed E-state index contributed by atoms with van der Waals surface area (Å²) in [4.78, 5) is 23.2. The second-order valence-electron chi connectivity index (χ2n) is 5.14. The van der Waals surface area contributed by atoms with Crippen molar-refractivity contribution >= 4 is 34.8 Å². The summed E-state index contributed by atoms with van der Waals surface area (Å²) in [6, 6.07) is 16.4. The molecule has 0 unspecified atom stereocenters. The number of hydrogen-bond donors (Lipinski definition) is 3. The van der Waals surface area contributed by atoms with Gasteiger partial charge in [-0.2, -0.15) is 0 Å². The van der Waals surface area contributed by atoms with Crippen molar-refractivity contribution in [1.82, 2.24) is 10.6 Å². The molecule has 0 radical (unpaired) electrons. The van der Waals surface area contributed by atoms with Crippen molar-refractivity contribution in [3.63, 3.8) is 0 Å². The van der Waals surface area contributed by atoms with E-state index in [4.69, 9.17) is 12.2 Å². The Bertz CT molecular complexity index is 715. The van der Waals surface area contributed by atoms with Gasteiger partial charge in [0.25, 0.3) is 5.91 Å². The third kappa shape index (κ3) is 5.48. The van der Waals surface area contributed by atoms with Crippen molar-refractivity contribution in [2.24, 2.45) is 0 Å². The number of nitrogens with one attached hydrogen (secondary N) is 3. The monoisotopic (exact) mass is 341 g/mol. The van der Waals surface area contributed by atoms with Gasteiger partial charge >= 0.3 is 0 Å². The van der Waals surface area contributed by atoms with Crippen LogP contribution in [-0.4, -0.2) is 24.0 Å². The number of amides is 2. The second-order valence-corrected chi connectivity index (χ2v) is 5.55. The Balaban J connectivity index is 1.85. The number of benzene rings is 2. The van der Waals surface area contributed by atoms with Gasteiger partial charge in [-0.05, 0) is 48.5 Å². The smallest absolute Gasteiger partial charge is 0.257 e. The van der Waals surface area contributed by atoms with Crippen LogP contribution in [0, 0.1) is 0 Å². The first-order chi connectivity index (χ1) is 11.6. The van der Waals surface area contributed by atoms with E-state index < -0.39 is 0 Å². The second kappa shape index (κ2) is 8.79. The number of thiocarbonyl (C=S) groups is 1. The highest BCUT2D eigenvalue weighted by molar-refractivity contribution is 7.80. The standard InChI is InChI=1S/C18H19N3O2S/c1-19-16(22)12-9-13-7-10-15(11-8-13)20-18(24)21-17(23)14-5-3-2-4-6-14/h2-8,10-11H,9,12H2,1H3,(H,19,22)(H2,20,21,23,24). The molecule has 0 spiro atoms. The lowest BCUT2D eigenvalue weighted by Crippen LogP contribution is -2.34. The minimum atomic E-state index is -0.254. The van der Waals surface area contributed by atoms with Crippen molar-refractivity contribution in [2.75, 3.05) is 12.4 Å². The zero-order valence-corrected chi connectivity index (χ0v) is 14.2. The topological polar surface area (TPSA) is 70.2 Å². The maximum absolute atomic E-state index is 12.0. The van der Waals surface area contributed by atoms with E-state index in [2.05, 4.69) is 16.0 Å². The molecule has 2 amide bonds. The molecule has 0 aliphatic heterocycles. The number of anilines is 1. The number of aryl methyl sites for hydroxylation is 1. The predicted molar refractivity (Wildman–Crippen MR) is 99.0 cm³/mol. The molecule has 24 heavy (non-hydrogen) atoms. The molecular formula is C18H19N3O2S. The van der Waals surface area contributed by atoms with Gasteiger partial charge in [0.05, 0.1) is 0 Å². The van der Waals surface area contributed by atoms with Crippen LogP contribution in [-0.2, 0) is 11.2 Å². The fraction of sp³-hybridized carbons (Fsp3) is 0.167. The average Bonchev–Trinajstić information content (AvgIpc) is 2.61. The lowest BCUT2D eigenvalue weighted by Gasteiger charge is -2.10. The molecule has 0 aromatic heterocycles. The Hall–Kier alpha value is -2.73. The summed E-state index contributed by atoms with van der Waals surface area (Å²) < 4.78 is 0. The van der Waals surface area contributed by atoms with Crippen molar-refractivity contribution in [2.45, 2.75) is 12.8 Å². The summed E-state index contributed by atoms with van der Waals surface area (Å²) in [5, 5.41) is 8.44. The molecule has 0 saturated heterocycles. The maximum atomic E-state index is 12.0. The summed E-state index contributed by atoms with van der Waals surface area (Å²) in [6.07, 6.45) is 1.13. The summed E-state index contributed by atoms with van der Waals surface area (Å²) in [7, 11) is 1.63. The van der Waals surface area contributed by atoms with E-state index in [9.17, 15) is 9.59 Å². The van der Waals surface area contributed by atoms with E-state index in [1.54, 1.807) is 31.3 Å². The number of rotatable bonds is 5. The van der Waals surface area contributed by atoms with Crippen molar-refractivity contribution in [3.8, 4) is 0 Å². The van der Waals surface area contributed by atoms with Gasteiger partial charge in [-0.1, -0.05) is 30.3 Å². The summed E-state index contributed by atoms with van der Waals surface area (Å²) in [5.41, 5.74) is 2.38. The first-order valence-electron chi connectivity index (χ1n) is 7.55. The van der Waals surface area contributed by atoms with Crippen LogP contribution in [0.3, 0.4) is 0 Å². The molecule has 0 atom stereocenters. The van der Waals surface area contributed by atoms with E-state index in [0.29, 0.717) is 18.4 Å². The Morgan fingerprint density at radius 3 is 2.29 bits per heavy atom. The fourth-order valence-corrected chi connectivity index (χ4v) is 2.28. The summed E-state index contributed by atoms with van der Waals surface area (Å²) in [6.45, 7) is 0. The molecular weight excluding hydrogens is 322 g/mol. The lowest BCUT2D eigenvalue weighted by atomic mass is 10.1. The molecule has 0 bridgehead atoms. The van der Waals surface area contributed by atoms with Gasteiger partial charge in [-0.3, -0.25) is 14.9 Å². The molecule has 2 aromatic rings. The van der Waals surface area contributed by atoms with Crippen LogP contribution in [0.25, 0.3) is 0 Å². The molecule has 0 heterocycles. The fourth-order valence-electron chi connectivity index (χ4n) is 2.06. The number of carbonyl (C=O) groups is 2. The van der Waals surface area contributed by atoms with Crippen LogP contribution in [0.5, 0.6) is 0 Å². The van der Waals surface area contributed by atoms with Crippen LogP contribution in [0.4, 0.5) is 5.69 Å². The minimum Gasteiger partial charge on any atom is -0.359 e. The summed E-state index contributed by atoms with van der Waals surface area (Å²) >= 11 is 5.15. The van der Waals surface area contributed by atoms with Crippen LogP contribution in [0.2, 0.25) is 0 Å². The van der Waals surface area contributed by atoms with E-state index in [1.807, 2.05) is 30.3 Å². The number of hydrogen-bond acceptors (Lipinski definition) is 3. The molecule has 0 fully saturated rings. The minimum absolute atomic E-state index is 0.0157. The first-order valence-corrected chi connectivity index (χ1v) is 7.96. The van der Waals surface area contributed by atoms with Crippen molar-refractivity contribution in [3.05, 3.63) is 65.7 Å². The van der Waals surface area contributed by atoms with Crippen LogP contribution in [0.1, 0.15) is 22.3 Å². The highest BCUT2D eigenvalue weighted by atomic mass is 32.1. The Morgan fingerprint density at radius 2 is 1.67 bits per heavy atom. The van der Waals surface area contributed by atoms with Crippen LogP contribution in [0.15, 0.2) is 54.6 Å².